The number of terminal acetylenes is 1. The Morgan fingerprint density at radius 2 is 2.57 bits per heavy atom. The summed E-state index contributed by atoms with van der Waals surface area (Å²) in [5, 5.41) is 2.88. The van der Waals surface area contributed by atoms with Crippen molar-refractivity contribution >= 4 is 5.91 Å². The molecule has 0 aromatic heterocycles. The smallest absolute Gasteiger partial charge is 0.236 e. The molecule has 78 valence electrons. The first-order chi connectivity index (χ1) is 6.75. The molecule has 0 spiro atoms. The SMILES string of the molecule is C#CCNCC(=O)N1CCOC[C@H]1C. The second kappa shape index (κ2) is 5.63. The average Bonchev–Trinajstić information content (AvgIpc) is 2.18. The molecule has 0 unspecified atom stereocenters. The van der Waals surface area contributed by atoms with Gasteiger partial charge in [-0.05, 0) is 6.92 Å². The quantitative estimate of drug-likeness (QED) is 0.487. The highest BCUT2D eigenvalue weighted by Gasteiger charge is 2.22. The topological polar surface area (TPSA) is 41.6 Å². The number of nitrogens with zero attached hydrogens (tertiary/aromatic N) is 1. The molecule has 1 rings (SSSR count). The maximum atomic E-state index is 11.6. The van der Waals surface area contributed by atoms with Gasteiger partial charge in [-0.2, -0.15) is 0 Å². The average molecular weight is 196 g/mol. The first kappa shape index (κ1) is 11.0. The van der Waals surface area contributed by atoms with Crippen LogP contribution >= 0.6 is 0 Å². The number of amides is 1. The number of hydrogen-bond acceptors (Lipinski definition) is 3. The fourth-order valence-corrected chi connectivity index (χ4v) is 1.44. The summed E-state index contributed by atoms with van der Waals surface area (Å²) in [5.74, 6) is 2.52. The molecule has 0 radical (unpaired) electrons. The lowest BCUT2D eigenvalue weighted by Crippen LogP contribution is -2.49. The Kier molecular flexibility index (Phi) is 4.44. The summed E-state index contributed by atoms with van der Waals surface area (Å²) in [5.41, 5.74) is 0. The molecule has 4 nitrogen and oxygen atoms in total. The molecule has 0 aromatic carbocycles. The highest BCUT2D eigenvalue weighted by Crippen LogP contribution is 2.05. The first-order valence-electron chi connectivity index (χ1n) is 4.77. The number of rotatable bonds is 3. The van der Waals surface area contributed by atoms with Crippen LogP contribution in [0.5, 0.6) is 0 Å². The minimum absolute atomic E-state index is 0.0936. The summed E-state index contributed by atoms with van der Waals surface area (Å²) in [6.45, 7) is 4.67. The van der Waals surface area contributed by atoms with E-state index in [1.54, 1.807) is 0 Å². The maximum absolute atomic E-state index is 11.6. The van der Waals surface area contributed by atoms with E-state index in [4.69, 9.17) is 11.2 Å². The Labute approximate surface area is 84.6 Å². The van der Waals surface area contributed by atoms with Crippen LogP contribution in [-0.2, 0) is 9.53 Å². The Bertz CT molecular complexity index is 235. The van der Waals surface area contributed by atoms with Crippen LogP contribution < -0.4 is 5.32 Å². The van der Waals surface area contributed by atoms with Gasteiger partial charge in [0.2, 0.25) is 5.91 Å². The van der Waals surface area contributed by atoms with E-state index in [2.05, 4.69) is 11.2 Å². The molecule has 1 aliphatic rings. The number of carbonyl (C=O) groups is 1. The molecule has 1 fully saturated rings. The molecule has 1 atom stereocenters. The predicted octanol–water partition coefficient (Wildman–Crippen LogP) is -0.543. The van der Waals surface area contributed by atoms with Gasteiger partial charge in [-0.3, -0.25) is 10.1 Å². The standard InChI is InChI=1S/C10H16N2O2/c1-3-4-11-7-10(13)12-5-6-14-8-9(12)2/h1,9,11H,4-8H2,2H3/t9-/m1/s1. The fraction of sp³-hybridized carbons (Fsp3) is 0.700. The molecule has 1 saturated heterocycles. The third kappa shape index (κ3) is 3.02. The summed E-state index contributed by atoms with van der Waals surface area (Å²) in [7, 11) is 0. The number of nitrogens with one attached hydrogen (secondary N) is 1. The molecule has 0 bridgehead atoms. The fourth-order valence-electron chi connectivity index (χ4n) is 1.44. The Morgan fingerprint density at radius 3 is 3.21 bits per heavy atom. The zero-order valence-corrected chi connectivity index (χ0v) is 8.45. The van der Waals surface area contributed by atoms with Crippen LogP contribution in [0, 0.1) is 12.3 Å². The summed E-state index contributed by atoms with van der Waals surface area (Å²) < 4.78 is 5.24. The summed E-state index contributed by atoms with van der Waals surface area (Å²) in [6.07, 6.45) is 5.06. The Hall–Kier alpha value is -1.05. The molecular formula is C10H16N2O2. The van der Waals surface area contributed by atoms with E-state index < -0.39 is 0 Å². The maximum Gasteiger partial charge on any atom is 0.236 e. The van der Waals surface area contributed by atoms with Crippen molar-refractivity contribution < 1.29 is 9.53 Å². The van der Waals surface area contributed by atoms with Crippen LogP contribution in [0.3, 0.4) is 0 Å². The number of hydrogen-bond donors (Lipinski definition) is 1. The zero-order chi connectivity index (χ0) is 10.4. The zero-order valence-electron chi connectivity index (χ0n) is 8.45. The first-order valence-corrected chi connectivity index (χ1v) is 4.77. The molecule has 1 amide bonds. The van der Waals surface area contributed by atoms with E-state index in [1.165, 1.54) is 0 Å². The van der Waals surface area contributed by atoms with Crippen LogP contribution in [0.1, 0.15) is 6.92 Å². The molecule has 0 aliphatic carbocycles. The van der Waals surface area contributed by atoms with Gasteiger partial charge < -0.3 is 9.64 Å². The van der Waals surface area contributed by atoms with Gasteiger partial charge in [0.1, 0.15) is 0 Å². The summed E-state index contributed by atoms with van der Waals surface area (Å²) >= 11 is 0. The van der Waals surface area contributed by atoms with Crippen LogP contribution in [0.4, 0.5) is 0 Å². The van der Waals surface area contributed by atoms with E-state index in [9.17, 15) is 4.79 Å². The van der Waals surface area contributed by atoms with Crippen molar-refractivity contribution in [1.82, 2.24) is 10.2 Å². The normalized spacial score (nSPS) is 21.7. The van der Waals surface area contributed by atoms with Gasteiger partial charge in [-0.25, -0.2) is 0 Å². The van der Waals surface area contributed by atoms with Crippen LogP contribution in [0.2, 0.25) is 0 Å². The van der Waals surface area contributed by atoms with Gasteiger partial charge in [0.05, 0.1) is 32.3 Å². The molecule has 4 heteroatoms. The van der Waals surface area contributed by atoms with Crippen molar-refractivity contribution in [2.45, 2.75) is 13.0 Å². The molecule has 1 aliphatic heterocycles. The van der Waals surface area contributed by atoms with Crippen molar-refractivity contribution in [3.63, 3.8) is 0 Å². The minimum Gasteiger partial charge on any atom is -0.377 e. The van der Waals surface area contributed by atoms with E-state index in [0.29, 0.717) is 32.8 Å². The van der Waals surface area contributed by atoms with E-state index in [1.807, 2.05) is 11.8 Å². The number of ether oxygens (including phenoxy) is 1. The Morgan fingerprint density at radius 1 is 1.79 bits per heavy atom. The van der Waals surface area contributed by atoms with Crippen molar-refractivity contribution in [3.05, 3.63) is 0 Å². The lowest BCUT2D eigenvalue weighted by molar-refractivity contribution is -0.138. The highest BCUT2D eigenvalue weighted by atomic mass is 16.5. The largest absolute Gasteiger partial charge is 0.377 e. The monoisotopic (exact) mass is 196 g/mol. The second-order valence-electron chi connectivity index (χ2n) is 3.32. The molecule has 1 N–H and O–H groups in total. The van der Waals surface area contributed by atoms with Crippen molar-refractivity contribution in [2.75, 3.05) is 32.8 Å². The molecule has 0 saturated carbocycles. The van der Waals surface area contributed by atoms with Crippen molar-refractivity contribution in [2.24, 2.45) is 0 Å². The lowest BCUT2D eigenvalue weighted by atomic mass is 10.2. The van der Waals surface area contributed by atoms with E-state index >= 15 is 0 Å². The highest BCUT2D eigenvalue weighted by molar-refractivity contribution is 5.78. The number of morpholine rings is 1. The lowest BCUT2D eigenvalue weighted by Gasteiger charge is -2.33. The third-order valence-electron chi connectivity index (χ3n) is 2.19. The van der Waals surface area contributed by atoms with Gasteiger partial charge in [0.15, 0.2) is 0 Å². The van der Waals surface area contributed by atoms with Crippen molar-refractivity contribution in [1.29, 1.82) is 0 Å². The predicted molar refractivity (Wildman–Crippen MR) is 53.7 cm³/mol. The third-order valence-corrected chi connectivity index (χ3v) is 2.19. The van der Waals surface area contributed by atoms with Gasteiger partial charge in [0.25, 0.3) is 0 Å². The van der Waals surface area contributed by atoms with E-state index in [0.717, 1.165) is 0 Å². The molecule has 14 heavy (non-hydrogen) atoms. The van der Waals surface area contributed by atoms with Crippen LogP contribution in [0.15, 0.2) is 0 Å². The van der Waals surface area contributed by atoms with Crippen LogP contribution in [-0.4, -0.2) is 49.7 Å². The van der Waals surface area contributed by atoms with E-state index in [-0.39, 0.29) is 11.9 Å². The van der Waals surface area contributed by atoms with Gasteiger partial charge in [-0.1, -0.05) is 5.92 Å². The van der Waals surface area contributed by atoms with Gasteiger partial charge in [0, 0.05) is 6.54 Å². The summed E-state index contributed by atoms with van der Waals surface area (Å²) in [6, 6.07) is 0.170. The minimum atomic E-state index is 0.0936. The molecule has 0 aromatic rings. The second-order valence-corrected chi connectivity index (χ2v) is 3.32. The summed E-state index contributed by atoms with van der Waals surface area (Å²) in [4.78, 5) is 13.4. The van der Waals surface area contributed by atoms with Crippen molar-refractivity contribution in [3.8, 4) is 12.3 Å². The Balaban J connectivity index is 2.31. The van der Waals surface area contributed by atoms with Crippen LogP contribution in [0.25, 0.3) is 0 Å². The number of carbonyl (C=O) groups excluding carboxylic acids is 1. The van der Waals surface area contributed by atoms with Gasteiger partial charge >= 0.3 is 0 Å². The molecule has 1 heterocycles. The molecular weight excluding hydrogens is 180 g/mol. The van der Waals surface area contributed by atoms with Gasteiger partial charge in [-0.15, -0.1) is 6.42 Å².